The normalized spacial score (nSPS) is 14.4. The molecule has 1 atom stereocenters. The summed E-state index contributed by atoms with van der Waals surface area (Å²) in [5.41, 5.74) is -0.0546. The maximum atomic E-state index is 12.0. The van der Waals surface area contributed by atoms with Crippen LogP contribution in [0.3, 0.4) is 0 Å². The van der Waals surface area contributed by atoms with Gasteiger partial charge in [0, 0.05) is 11.6 Å². The second-order valence-corrected chi connectivity index (χ2v) is 7.93. The van der Waals surface area contributed by atoms with Crippen molar-refractivity contribution < 1.29 is 13.5 Å². The number of rotatable bonds is 5. The predicted octanol–water partition coefficient (Wildman–Crippen LogP) is 2.42. The SMILES string of the molecule is CC(C)(C)CC(O)CNS(=O)(=O)c1cccc(Cl)c1. The van der Waals surface area contributed by atoms with E-state index in [0.29, 0.717) is 11.4 Å². The topological polar surface area (TPSA) is 66.4 Å². The van der Waals surface area contributed by atoms with Crippen LogP contribution in [0.2, 0.25) is 5.02 Å². The zero-order chi connectivity index (χ0) is 14.7. The van der Waals surface area contributed by atoms with Crippen molar-refractivity contribution in [1.82, 2.24) is 4.72 Å². The third-order valence-corrected chi connectivity index (χ3v) is 4.12. The summed E-state index contributed by atoms with van der Waals surface area (Å²) >= 11 is 5.76. The van der Waals surface area contributed by atoms with Gasteiger partial charge in [0.2, 0.25) is 10.0 Å². The van der Waals surface area contributed by atoms with Gasteiger partial charge in [0.1, 0.15) is 0 Å². The van der Waals surface area contributed by atoms with Gasteiger partial charge in [-0.05, 0) is 30.0 Å². The summed E-state index contributed by atoms with van der Waals surface area (Å²) in [5.74, 6) is 0. The summed E-state index contributed by atoms with van der Waals surface area (Å²) < 4.78 is 26.3. The number of halogens is 1. The average molecular weight is 306 g/mol. The molecule has 2 N–H and O–H groups in total. The van der Waals surface area contributed by atoms with Crippen molar-refractivity contribution in [3.05, 3.63) is 29.3 Å². The number of hydrogen-bond acceptors (Lipinski definition) is 3. The van der Waals surface area contributed by atoms with Crippen LogP contribution in [-0.4, -0.2) is 26.2 Å². The molecule has 0 amide bonds. The molecule has 0 aliphatic carbocycles. The second kappa shape index (κ2) is 6.22. The molecule has 0 aliphatic rings. The van der Waals surface area contributed by atoms with Crippen LogP contribution in [0.15, 0.2) is 29.2 Å². The van der Waals surface area contributed by atoms with Crippen molar-refractivity contribution in [3.8, 4) is 0 Å². The molecule has 1 unspecified atom stereocenters. The molecule has 6 heteroatoms. The van der Waals surface area contributed by atoms with Crippen LogP contribution in [-0.2, 0) is 10.0 Å². The van der Waals surface area contributed by atoms with E-state index >= 15 is 0 Å². The van der Waals surface area contributed by atoms with E-state index in [1.165, 1.54) is 12.1 Å². The average Bonchev–Trinajstić information content (AvgIpc) is 2.24. The van der Waals surface area contributed by atoms with Crippen LogP contribution in [0.5, 0.6) is 0 Å². The standard InChI is InChI=1S/C13H20ClNO3S/c1-13(2,3)8-11(16)9-15-19(17,18)12-6-4-5-10(14)7-12/h4-7,11,15-16H,8-9H2,1-3H3. The number of sulfonamides is 1. The maximum absolute atomic E-state index is 12.0. The molecule has 0 radical (unpaired) electrons. The van der Waals surface area contributed by atoms with Gasteiger partial charge in [-0.3, -0.25) is 0 Å². The first-order chi connectivity index (χ1) is 8.60. The Morgan fingerprint density at radius 3 is 2.53 bits per heavy atom. The fourth-order valence-electron chi connectivity index (χ4n) is 1.70. The van der Waals surface area contributed by atoms with Crippen LogP contribution in [0.4, 0.5) is 0 Å². The van der Waals surface area contributed by atoms with E-state index in [1.807, 2.05) is 20.8 Å². The minimum atomic E-state index is -3.63. The Balaban J connectivity index is 2.66. The Hall–Kier alpha value is -0.620. The molecule has 0 aliphatic heterocycles. The quantitative estimate of drug-likeness (QED) is 0.878. The first kappa shape index (κ1) is 16.4. The molecule has 1 rings (SSSR count). The van der Waals surface area contributed by atoms with Crippen molar-refractivity contribution in [3.63, 3.8) is 0 Å². The molecule has 1 aromatic rings. The van der Waals surface area contributed by atoms with Crippen LogP contribution in [0, 0.1) is 5.41 Å². The van der Waals surface area contributed by atoms with E-state index in [-0.39, 0.29) is 16.9 Å². The van der Waals surface area contributed by atoms with E-state index in [4.69, 9.17) is 11.6 Å². The lowest BCUT2D eigenvalue weighted by molar-refractivity contribution is 0.125. The largest absolute Gasteiger partial charge is 0.392 e. The summed E-state index contributed by atoms with van der Waals surface area (Å²) in [4.78, 5) is 0.1000. The second-order valence-electron chi connectivity index (χ2n) is 5.73. The lowest BCUT2D eigenvalue weighted by atomic mass is 9.89. The molecule has 4 nitrogen and oxygen atoms in total. The smallest absolute Gasteiger partial charge is 0.240 e. The van der Waals surface area contributed by atoms with Crippen molar-refractivity contribution in [2.75, 3.05) is 6.54 Å². The number of nitrogens with one attached hydrogen (secondary N) is 1. The fourth-order valence-corrected chi connectivity index (χ4v) is 3.08. The molecule has 0 saturated heterocycles. The molecule has 0 fully saturated rings. The summed E-state index contributed by atoms with van der Waals surface area (Å²) in [6.45, 7) is 5.96. The van der Waals surface area contributed by atoms with Crippen LogP contribution in [0.25, 0.3) is 0 Å². The maximum Gasteiger partial charge on any atom is 0.240 e. The van der Waals surface area contributed by atoms with Gasteiger partial charge in [-0.25, -0.2) is 13.1 Å². The highest BCUT2D eigenvalue weighted by Gasteiger charge is 2.20. The van der Waals surface area contributed by atoms with Gasteiger partial charge in [-0.1, -0.05) is 38.4 Å². The van der Waals surface area contributed by atoms with Crippen LogP contribution < -0.4 is 4.72 Å². The lowest BCUT2D eigenvalue weighted by Gasteiger charge is -2.22. The van der Waals surface area contributed by atoms with E-state index < -0.39 is 16.1 Å². The Labute approximate surface area is 119 Å². The molecule has 0 saturated carbocycles. The fraction of sp³-hybridized carbons (Fsp3) is 0.538. The molecule has 0 spiro atoms. The molecule has 0 heterocycles. The summed E-state index contributed by atoms with van der Waals surface area (Å²) in [5, 5.41) is 10.2. The van der Waals surface area contributed by atoms with Crippen molar-refractivity contribution >= 4 is 21.6 Å². The Bertz CT molecular complexity index is 523. The summed E-state index contributed by atoms with van der Waals surface area (Å²) in [6.07, 6.45) is -0.195. The highest BCUT2D eigenvalue weighted by atomic mass is 35.5. The zero-order valence-electron chi connectivity index (χ0n) is 11.4. The van der Waals surface area contributed by atoms with E-state index in [1.54, 1.807) is 12.1 Å². The number of hydrogen-bond donors (Lipinski definition) is 2. The molecule has 0 bridgehead atoms. The molecule has 108 valence electrons. The monoisotopic (exact) mass is 305 g/mol. The first-order valence-electron chi connectivity index (χ1n) is 6.03. The van der Waals surface area contributed by atoms with Gasteiger partial charge in [0.25, 0.3) is 0 Å². The summed E-state index contributed by atoms with van der Waals surface area (Å²) in [7, 11) is -3.63. The highest BCUT2D eigenvalue weighted by Crippen LogP contribution is 2.21. The van der Waals surface area contributed by atoms with Crippen molar-refractivity contribution in [2.45, 2.75) is 38.2 Å². The van der Waals surface area contributed by atoms with Gasteiger partial charge in [0.05, 0.1) is 11.0 Å². The minimum Gasteiger partial charge on any atom is -0.392 e. The number of aliphatic hydroxyl groups excluding tert-OH is 1. The van der Waals surface area contributed by atoms with E-state index in [9.17, 15) is 13.5 Å². The minimum absolute atomic E-state index is 0.00782. The number of aliphatic hydroxyl groups is 1. The Kier molecular flexibility index (Phi) is 5.38. The lowest BCUT2D eigenvalue weighted by Crippen LogP contribution is -2.34. The van der Waals surface area contributed by atoms with Gasteiger partial charge < -0.3 is 5.11 Å². The van der Waals surface area contributed by atoms with E-state index in [0.717, 1.165) is 0 Å². The third-order valence-electron chi connectivity index (χ3n) is 2.46. The predicted molar refractivity (Wildman–Crippen MR) is 76.7 cm³/mol. The molecular formula is C13H20ClNO3S. The Morgan fingerprint density at radius 2 is 2.00 bits per heavy atom. The highest BCUT2D eigenvalue weighted by molar-refractivity contribution is 7.89. The molecule has 1 aromatic carbocycles. The van der Waals surface area contributed by atoms with Crippen molar-refractivity contribution in [1.29, 1.82) is 0 Å². The first-order valence-corrected chi connectivity index (χ1v) is 7.89. The zero-order valence-corrected chi connectivity index (χ0v) is 12.9. The number of benzene rings is 1. The molecular weight excluding hydrogens is 286 g/mol. The van der Waals surface area contributed by atoms with Gasteiger partial charge in [-0.15, -0.1) is 0 Å². The van der Waals surface area contributed by atoms with Gasteiger partial charge >= 0.3 is 0 Å². The van der Waals surface area contributed by atoms with Crippen LogP contribution >= 0.6 is 11.6 Å². The molecule has 0 aromatic heterocycles. The summed E-state index contributed by atoms with van der Waals surface area (Å²) in [6, 6.07) is 6.02. The van der Waals surface area contributed by atoms with Gasteiger partial charge in [0.15, 0.2) is 0 Å². The van der Waals surface area contributed by atoms with E-state index in [2.05, 4.69) is 4.72 Å². The van der Waals surface area contributed by atoms with Crippen LogP contribution in [0.1, 0.15) is 27.2 Å². The third kappa shape index (κ3) is 5.91. The molecule has 19 heavy (non-hydrogen) atoms. The Morgan fingerprint density at radius 1 is 1.37 bits per heavy atom. The van der Waals surface area contributed by atoms with Gasteiger partial charge in [-0.2, -0.15) is 0 Å². The van der Waals surface area contributed by atoms with Crippen molar-refractivity contribution in [2.24, 2.45) is 5.41 Å².